The van der Waals surface area contributed by atoms with Crippen molar-refractivity contribution in [3.8, 4) is 0 Å². The maximum atomic E-state index is 11.3. The third-order valence-corrected chi connectivity index (χ3v) is 8.93. The van der Waals surface area contributed by atoms with E-state index in [9.17, 15) is 8.42 Å². The summed E-state index contributed by atoms with van der Waals surface area (Å²) in [6, 6.07) is 2.43. The maximum absolute atomic E-state index is 11.3. The second kappa shape index (κ2) is 8.61. The average molecular weight is 466 g/mol. The molecule has 2 aromatic heterocycles. The normalized spacial score (nSPS) is 21.5. The molecule has 6 nitrogen and oxygen atoms in total. The van der Waals surface area contributed by atoms with Crippen LogP contribution in [-0.2, 0) is 38.7 Å². The summed E-state index contributed by atoms with van der Waals surface area (Å²) in [4.78, 5) is 5.39. The number of thiophene rings is 1. The molecule has 1 aliphatic carbocycles. The van der Waals surface area contributed by atoms with Crippen molar-refractivity contribution in [3.05, 3.63) is 39.3 Å². The van der Waals surface area contributed by atoms with Crippen LogP contribution in [0.5, 0.6) is 0 Å². The van der Waals surface area contributed by atoms with E-state index >= 15 is 0 Å². The van der Waals surface area contributed by atoms with Gasteiger partial charge in [-0.15, -0.1) is 11.3 Å². The Morgan fingerprint density at radius 1 is 1.19 bits per heavy atom. The molecule has 0 atom stereocenters. The van der Waals surface area contributed by atoms with Gasteiger partial charge >= 0.3 is 0 Å². The minimum atomic E-state index is -2.97. The lowest BCUT2D eigenvalue weighted by molar-refractivity contribution is -0.107. The van der Waals surface area contributed by atoms with Gasteiger partial charge in [0.2, 0.25) is 0 Å². The molecule has 2 aromatic rings. The SMILES string of the molecule is CC.Cc1cc2c(s1)C1(CCN(Cc3cnn(CCS(C)(=O)=O)c3)CC1)OCC21CC1. The molecule has 5 rings (SSSR count). The monoisotopic (exact) mass is 465 g/mol. The highest BCUT2D eigenvalue weighted by Crippen LogP contribution is 2.59. The van der Waals surface area contributed by atoms with E-state index in [1.165, 1.54) is 28.9 Å². The summed E-state index contributed by atoms with van der Waals surface area (Å²) in [5.41, 5.74) is 2.98. The number of likely N-dealkylation sites (tertiary alicyclic amines) is 1. The molecular weight excluding hydrogens is 430 g/mol. The van der Waals surface area contributed by atoms with Crippen LogP contribution in [0.3, 0.4) is 0 Å². The number of nitrogens with zero attached hydrogens (tertiary/aromatic N) is 3. The molecule has 2 aliphatic heterocycles. The van der Waals surface area contributed by atoms with Gasteiger partial charge in [0, 0.05) is 52.8 Å². The number of fused-ring (bicyclic) bond motifs is 3. The molecule has 0 unspecified atom stereocenters. The van der Waals surface area contributed by atoms with E-state index in [0.29, 0.717) is 12.0 Å². The zero-order chi connectivity index (χ0) is 22.3. The first-order valence-electron chi connectivity index (χ1n) is 11.4. The van der Waals surface area contributed by atoms with Crippen molar-refractivity contribution in [1.29, 1.82) is 0 Å². The minimum Gasteiger partial charge on any atom is -0.368 e. The van der Waals surface area contributed by atoms with Crippen LogP contribution < -0.4 is 0 Å². The van der Waals surface area contributed by atoms with Crippen molar-refractivity contribution >= 4 is 21.2 Å². The fourth-order valence-corrected chi connectivity index (χ4v) is 6.65. The van der Waals surface area contributed by atoms with Crippen LogP contribution in [0.4, 0.5) is 0 Å². The van der Waals surface area contributed by atoms with Crippen molar-refractivity contribution in [2.45, 2.75) is 70.6 Å². The van der Waals surface area contributed by atoms with Crippen molar-refractivity contribution in [2.75, 3.05) is 31.7 Å². The molecule has 8 heteroatoms. The molecule has 2 fully saturated rings. The topological polar surface area (TPSA) is 64.4 Å². The van der Waals surface area contributed by atoms with Gasteiger partial charge in [0.25, 0.3) is 0 Å². The molecule has 0 aromatic carbocycles. The largest absolute Gasteiger partial charge is 0.368 e. The predicted molar refractivity (Wildman–Crippen MR) is 125 cm³/mol. The first-order chi connectivity index (χ1) is 14.8. The highest BCUT2D eigenvalue weighted by molar-refractivity contribution is 7.90. The molecule has 172 valence electrons. The summed E-state index contributed by atoms with van der Waals surface area (Å²) in [6.07, 6.45) is 9.74. The van der Waals surface area contributed by atoms with Crippen LogP contribution in [0, 0.1) is 6.92 Å². The molecule has 0 N–H and O–H groups in total. The second-order valence-corrected chi connectivity index (χ2v) is 12.7. The number of sulfone groups is 1. The Morgan fingerprint density at radius 2 is 1.90 bits per heavy atom. The lowest BCUT2D eigenvalue weighted by Gasteiger charge is -2.45. The quantitative estimate of drug-likeness (QED) is 0.671. The van der Waals surface area contributed by atoms with E-state index in [1.807, 2.05) is 37.6 Å². The number of hydrogen-bond donors (Lipinski definition) is 0. The van der Waals surface area contributed by atoms with E-state index in [-0.39, 0.29) is 11.4 Å². The van der Waals surface area contributed by atoms with Gasteiger partial charge in [-0.1, -0.05) is 13.8 Å². The molecule has 0 amide bonds. The van der Waals surface area contributed by atoms with Gasteiger partial charge in [-0.2, -0.15) is 5.10 Å². The summed E-state index contributed by atoms with van der Waals surface area (Å²) in [6.45, 7) is 10.4. The smallest absolute Gasteiger partial charge is 0.149 e. The third-order valence-electron chi connectivity index (χ3n) is 6.77. The van der Waals surface area contributed by atoms with Gasteiger partial charge in [-0.3, -0.25) is 9.58 Å². The van der Waals surface area contributed by atoms with Crippen LogP contribution in [-0.4, -0.2) is 54.8 Å². The number of rotatable bonds is 5. The van der Waals surface area contributed by atoms with Crippen LogP contribution >= 0.6 is 11.3 Å². The summed E-state index contributed by atoms with van der Waals surface area (Å²) < 4.78 is 31.0. The molecule has 4 heterocycles. The zero-order valence-corrected chi connectivity index (χ0v) is 20.8. The van der Waals surface area contributed by atoms with E-state index in [2.05, 4.69) is 23.0 Å². The molecule has 3 aliphatic rings. The molecular formula is C23H35N3O3S2. The van der Waals surface area contributed by atoms with Gasteiger partial charge in [0.15, 0.2) is 0 Å². The summed E-state index contributed by atoms with van der Waals surface area (Å²) in [5.74, 6) is 0.127. The first kappa shape index (κ1) is 23.0. The second-order valence-electron chi connectivity index (χ2n) is 9.18. The molecule has 31 heavy (non-hydrogen) atoms. The van der Waals surface area contributed by atoms with E-state index < -0.39 is 9.84 Å². The predicted octanol–water partition coefficient (Wildman–Crippen LogP) is 3.88. The Morgan fingerprint density at radius 3 is 2.55 bits per heavy atom. The van der Waals surface area contributed by atoms with Gasteiger partial charge in [0.1, 0.15) is 15.4 Å². The maximum Gasteiger partial charge on any atom is 0.149 e. The van der Waals surface area contributed by atoms with Gasteiger partial charge in [-0.25, -0.2) is 8.42 Å². The Hall–Kier alpha value is -1.22. The number of aryl methyl sites for hydroxylation is 2. The van der Waals surface area contributed by atoms with Gasteiger partial charge in [-0.05, 0) is 44.2 Å². The molecule has 2 spiro atoms. The molecule has 0 radical (unpaired) electrons. The Bertz CT molecular complexity index is 1010. The van der Waals surface area contributed by atoms with E-state index in [1.54, 1.807) is 10.2 Å². The van der Waals surface area contributed by atoms with Gasteiger partial charge < -0.3 is 4.74 Å². The van der Waals surface area contributed by atoms with Crippen LogP contribution in [0.25, 0.3) is 0 Å². The average Bonchev–Trinajstić information content (AvgIpc) is 3.18. The fourth-order valence-electron chi connectivity index (χ4n) is 4.80. The van der Waals surface area contributed by atoms with Crippen LogP contribution in [0.2, 0.25) is 0 Å². The summed E-state index contributed by atoms with van der Waals surface area (Å²) >= 11 is 1.95. The Balaban J connectivity index is 0.00000112. The number of piperidine rings is 1. The molecule has 1 saturated carbocycles. The standard InChI is InChI=1S/C21H29N3O3S2.C2H6/c1-16-11-18-19(28-16)21(27-15-20(18)3-4-20)5-7-23(8-6-21)13-17-12-22-24(14-17)9-10-29(2,25)26;1-2/h11-12,14H,3-10,13,15H2,1-2H3;1-2H3. The minimum absolute atomic E-state index is 0.0851. The number of hydrogen-bond acceptors (Lipinski definition) is 6. The Kier molecular flexibility index (Phi) is 6.38. The third kappa shape index (κ3) is 4.77. The van der Waals surface area contributed by atoms with Crippen molar-refractivity contribution in [3.63, 3.8) is 0 Å². The number of aromatic nitrogens is 2. The van der Waals surface area contributed by atoms with Crippen LogP contribution in [0.15, 0.2) is 18.5 Å². The first-order valence-corrected chi connectivity index (χ1v) is 14.3. The summed E-state index contributed by atoms with van der Waals surface area (Å²) in [5, 5.41) is 4.33. The van der Waals surface area contributed by atoms with Gasteiger partial charge in [0.05, 0.1) is 25.1 Å². The van der Waals surface area contributed by atoms with Crippen molar-refractivity contribution in [2.24, 2.45) is 0 Å². The summed E-state index contributed by atoms with van der Waals surface area (Å²) in [7, 11) is -2.97. The lowest BCUT2D eigenvalue weighted by atomic mass is 9.81. The molecule has 0 bridgehead atoms. The van der Waals surface area contributed by atoms with E-state index in [0.717, 1.165) is 44.6 Å². The highest BCUT2D eigenvalue weighted by Gasteiger charge is 2.55. The Labute approximate surface area is 190 Å². The van der Waals surface area contributed by atoms with Crippen LogP contribution in [0.1, 0.15) is 60.4 Å². The van der Waals surface area contributed by atoms with Crippen molar-refractivity contribution in [1.82, 2.24) is 14.7 Å². The van der Waals surface area contributed by atoms with E-state index in [4.69, 9.17) is 4.74 Å². The van der Waals surface area contributed by atoms with Crippen molar-refractivity contribution < 1.29 is 13.2 Å². The lowest BCUT2D eigenvalue weighted by Crippen LogP contribution is -2.47. The highest BCUT2D eigenvalue weighted by atomic mass is 32.2. The zero-order valence-electron chi connectivity index (χ0n) is 19.2. The fraction of sp³-hybridized carbons (Fsp3) is 0.696. The number of ether oxygens (including phenoxy) is 1. The molecule has 1 saturated heterocycles.